The number of methoxy groups -OCH3 is 1. The average Bonchev–Trinajstić information content (AvgIpc) is 2.79. The Labute approximate surface area is 176 Å². The van der Waals surface area contributed by atoms with Crippen LogP contribution < -0.4 is 15.4 Å². The fourth-order valence-electron chi connectivity index (χ4n) is 3.27. The van der Waals surface area contributed by atoms with Crippen LogP contribution in [0.5, 0.6) is 5.75 Å². The Morgan fingerprint density at radius 1 is 1.13 bits per heavy atom. The van der Waals surface area contributed by atoms with Gasteiger partial charge in [-0.05, 0) is 43.2 Å². The summed E-state index contributed by atoms with van der Waals surface area (Å²) in [6.07, 6.45) is 4.27. The van der Waals surface area contributed by atoms with Crippen molar-refractivity contribution >= 4 is 11.7 Å². The van der Waals surface area contributed by atoms with Crippen molar-refractivity contribution in [3.8, 4) is 17.0 Å². The van der Waals surface area contributed by atoms with E-state index in [2.05, 4.69) is 32.5 Å². The van der Waals surface area contributed by atoms with Crippen LogP contribution in [0.4, 0.5) is 5.82 Å². The third-order valence-corrected chi connectivity index (χ3v) is 5.06. The molecule has 1 unspecified atom stereocenters. The second-order valence-corrected chi connectivity index (χ2v) is 7.00. The van der Waals surface area contributed by atoms with E-state index < -0.39 is 0 Å². The molecule has 156 valence electrons. The molecule has 0 aliphatic rings. The van der Waals surface area contributed by atoms with Crippen LogP contribution in [0.3, 0.4) is 0 Å². The lowest BCUT2D eigenvalue weighted by molar-refractivity contribution is 0.0962. The number of carbonyl (C=O) groups is 1. The van der Waals surface area contributed by atoms with Crippen LogP contribution in [0.15, 0.2) is 48.9 Å². The number of nitrogens with one attached hydrogen (secondary N) is 2. The number of anilines is 1. The number of aromatic nitrogens is 3. The van der Waals surface area contributed by atoms with E-state index in [1.807, 2.05) is 43.5 Å². The third kappa shape index (κ3) is 4.92. The monoisotopic (exact) mass is 405 g/mol. The first-order valence-electron chi connectivity index (χ1n) is 9.94. The van der Waals surface area contributed by atoms with Crippen molar-refractivity contribution in [3.05, 3.63) is 65.7 Å². The standard InChI is InChI=1S/C23H27N5O2/c1-5-16(19-9-8-17(23(29)24-3)10-21(19)30-4)12-26-22-11-20(27-14-28-22)18-7-6-15(2)25-13-18/h6-11,13-14,16H,5,12H2,1-4H3,(H,24,29)(H,26,27,28). The molecule has 2 N–H and O–H groups in total. The van der Waals surface area contributed by atoms with Crippen LogP contribution in [-0.4, -0.2) is 41.6 Å². The van der Waals surface area contributed by atoms with Crippen LogP contribution in [0.1, 0.15) is 40.9 Å². The molecule has 0 saturated carbocycles. The maximum absolute atomic E-state index is 11.9. The molecule has 7 nitrogen and oxygen atoms in total. The van der Waals surface area contributed by atoms with Crippen LogP contribution in [0.25, 0.3) is 11.3 Å². The minimum Gasteiger partial charge on any atom is -0.496 e. The van der Waals surface area contributed by atoms with E-state index in [9.17, 15) is 4.79 Å². The number of hydrogen-bond donors (Lipinski definition) is 2. The lowest BCUT2D eigenvalue weighted by Gasteiger charge is -2.20. The van der Waals surface area contributed by atoms with Crippen molar-refractivity contribution in [2.24, 2.45) is 0 Å². The second kappa shape index (κ2) is 9.82. The second-order valence-electron chi connectivity index (χ2n) is 7.00. The van der Waals surface area contributed by atoms with Crippen LogP contribution in [0, 0.1) is 6.92 Å². The maximum Gasteiger partial charge on any atom is 0.251 e. The molecule has 3 rings (SSSR count). The molecule has 0 fully saturated rings. The van der Waals surface area contributed by atoms with E-state index >= 15 is 0 Å². The number of aryl methyl sites for hydroxylation is 1. The molecular weight excluding hydrogens is 378 g/mol. The van der Waals surface area contributed by atoms with E-state index in [0.717, 1.165) is 34.8 Å². The van der Waals surface area contributed by atoms with E-state index in [1.54, 1.807) is 26.6 Å². The smallest absolute Gasteiger partial charge is 0.251 e. The van der Waals surface area contributed by atoms with Gasteiger partial charge in [0.25, 0.3) is 5.91 Å². The van der Waals surface area contributed by atoms with Crippen LogP contribution in [0.2, 0.25) is 0 Å². The van der Waals surface area contributed by atoms with Crippen molar-refractivity contribution < 1.29 is 9.53 Å². The number of nitrogens with zero attached hydrogens (tertiary/aromatic N) is 3. The fourth-order valence-corrected chi connectivity index (χ4v) is 3.27. The van der Waals surface area contributed by atoms with Gasteiger partial charge in [-0.1, -0.05) is 13.0 Å². The van der Waals surface area contributed by atoms with Gasteiger partial charge in [0.2, 0.25) is 0 Å². The number of rotatable bonds is 8. The Kier molecular flexibility index (Phi) is 6.95. The number of benzene rings is 1. The van der Waals surface area contributed by atoms with Crippen LogP contribution in [-0.2, 0) is 0 Å². The minimum atomic E-state index is -0.134. The molecule has 0 bridgehead atoms. The highest BCUT2D eigenvalue weighted by Gasteiger charge is 2.17. The van der Waals surface area contributed by atoms with Gasteiger partial charge in [-0.3, -0.25) is 9.78 Å². The first-order chi connectivity index (χ1) is 14.5. The highest BCUT2D eigenvalue weighted by molar-refractivity contribution is 5.94. The molecule has 1 aromatic carbocycles. The molecule has 30 heavy (non-hydrogen) atoms. The fraction of sp³-hybridized carbons (Fsp3) is 0.304. The number of pyridine rings is 1. The highest BCUT2D eigenvalue weighted by Crippen LogP contribution is 2.30. The highest BCUT2D eigenvalue weighted by atomic mass is 16.5. The molecule has 7 heteroatoms. The first-order valence-corrected chi connectivity index (χ1v) is 9.94. The van der Waals surface area contributed by atoms with Crippen LogP contribution >= 0.6 is 0 Å². The molecule has 0 aliphatic heterocycles. The SMILES string of the molecule is CCC(CNc1cc(-c2ccc(C)nc2)ncn1)c1ccc(C(=O)NC)cc1OC. The molecule has 0 radical (unpaired) electrons. The average molecular weight is 406 g/mol. The maximum atomic E-state index is 11.9. The van der Waals surface area contributed by atoms with Gasteiger partial charge in [-0.15, -0.1) is 0 Å². The third-order valence-electron chi connectivity index (χ3n) is 5.06. The van der Waals surface area contributed by atoms with Gasteiger partial charge in [0, 0.05) is 48.6 Å². The predicted octanol–water partition coefficient (Wildman–Crippen LogP) is 3.82. The van der Waals surface area contributed by atoms with E-state index in [0.29, 0.717) is 17.9 Å². The molecule has 3 aromatic rings. The zero-order valence-electron chi connectivity index (χ0n) is 17.8. The van der Waals surface area contributed by atoms with E-state index in [4.69, 9.17) is 4.74 Å². The molecule has 0 spiro atoms. The molecule has 2 heterocycles. The molecule has 1 atom stereocenters. The van der Waals surface area contributed by atoms with Crippen molar-refractivity contribution in [2.45, 2.75) is 26.2 Å². The predicted molar refractivity (Wildman–Crippen MR) is 118 cm³/mol. The number of carbonyl (C=O) groups excluding carboxylic acids is 1. The lowest BCUT2D eigenvalue weighted by Crippen LogP contribution is -2.18. The number of amides is 1. The molecule has 1 amide bonds. The van der Waals surface area contributed by atoms with Gasteiger partial charge in [0.05, 0.1) is 12.8 Å². The Morgan fingerprint density at radius 2 is 1.97 bits per heavy atom. The summed E-state index contributed by atoms with van der Waals surface area (Å²) in [6.45, 7) is 4.76. The summed E-state index contributed by atoms with van der Waals surface area (Å²) in [5.41, 5.74) is 4.36. The van der Waals surface area contributed by atoms with Crippen molar-refractivity contribution in [1.29, 1.82) is 0 Å². The summed E-state index contributed by atoms with van der Waals surface area (Å²) in [5.74, 6) is 1.52. The topological polar surface area (TPSA) is 89.0 Å². The summed E-state index contributed by atoms with van der Waals surface area (Å²) in [7, 11) is 3.24. The summed E-state index contributed by atoms with van der Waals surface area (Å²) >= 11 is 0. The first kappa shape index (κ1) is 21.2. The number of hydrogen-bond acceptors (Lipinski definition) is 6. The Morgan fingerprint density at radius 3 is 2.63 bits per heavy atom. The minimum absolute atomic E-state index is 0.134. The van der Waals surface area contributed by atoms with Crippen molar-refractivity contribution in [3.63, 3.8) is 0 Å². The van der Waals surface area contributed by atoms with Gasteiger partial charge >= 0.3 is 0 Å². The Bertz CT molecular complexity index is 1000. The summed E-state index contributed by atoms with van der Waals surface area (Å²) in [5, 5.41) is 6.05. The van der Waals surface area contributed by atoms with Gasteiger partial charge in [0.1, 0.15) is 17.9 Å². The quantitative estimate of drug-likeness (QED) is 0.592. The molecule has 0 aliphatic carbocycles. The van der Waals surface area contributed by atoms with Crippen molar-refractivity contribution in [1.82, 2.24) is 20.3 Å². The normalized spacial score (nSPS) is 11.6. The summed E-state index contributed by atoms with van der Waals surface area (Å²) in [6, 6.07) is 11.5. The molecule has 2 aromatic heterocycles. The van der Waals surface area contributed by atoms with Gasteiger partial charge in [-0.25, -0.2) is 9.97 Å². The largest absolute Gasteiger partial charge is 0.496 e. The Balaban J connectivity index is 1.76. The lowest BCUT2D eigenvalue weighted by atomic mass is 9.94. The van der Waals surface area contributed by atoms with Gasteiger partial charge in [-0.2, -0.15) is 0 Å². The molecular formula is C23H27N5O2. The zero-order chi connectivity index (χ0) is 21.5. The molecule has 0 saturated heterocycles. The zero-order valence-corrected chi connectivity index (χ0v) is 17.8. The van der Waals surface area contributed by atoms with E-state index in [1.165, 1.54) is 0 Å². The Hall–Kier alpha value is -3.48. The summed E-state index contributed by atoms with van der Waals surface area (Å²) in [4.78, 5) is 25.0. The number of ether oxygens (including phenoxy) is 1. The van der Waals surface area contributed by atoms with Gasteiger partial charge < -0.3 is 15.4 Å². The van der Waals surface area contributed by atoms with E-state index in [-0.39, 0.29) is 11.8 Å². The van der Waals surface area contributed by atoms with Gasteiger partial charge in [0.15, 0.2) is 0 Å². The summed E-state index contributed by atoms with van der Waals surface area (Å²) < 4.78 is 5.56. The van der Waals surface area contributed by atoms with Crippen molar-refractivity contribution in [2.75, 3.05) is 26.0 Å².